The molecule has 0 aromatic heterocycles. The van der Waals surface area contributed by atoms with Crippen molar-refractivity contribution < 1.29 is 9.63 Å². The third-order valence-corrected chi connectivity index (χ3v) is 8.35. The lowest BCUT2D eigenvalue weighted by Gasteiger charge is -2.37. The molecule has 1 N–H and O–H groups in total. The van der Waals surface area contributed by atoms with E-state index in [1.54, 1.807) is 0 Å². The smallest absolute Gasteiger partial charge is 0.250 e. The quantitative estimate of drug-likeness (QED) is 0.268. The standard InChI is InChI=1S/C16H27NO2Si/c1-16(2,3)20(4,5)19-15-12-7-6-10-14(15)11-8-9-13-17-18/h6-7,10,12-13,18H,8-9,11H2,1-5H3. The average molecular weight is 293 g/mol. The van der Waals surface area contributed by atoms with Crippen LogP contribution in [0.2, 0.25) is 18.1 Å². The highest BCUT2D eigenvalue weighted by Gasteiger charge is 2.39. The molecule has 0 aliphatic carbocycles. The van der Waals surface area contributed by atoms with Crippen molar-refractivity contribution in [2.24, 2.45) is 5.16 Å². The van der Waals surface area contributed by atoms with Crippen LogP contribution in [-0.4, -0.2) is 19.7 Å². The number of aryl methyl sites for hydroxylation is 1. The van der Waals surface area contributed by atoms with Gasteiger partial charge in [0.25, 0.3) is 0 Å². The normalized spacial score (nSPS) is 12.8. The van der Waals surface area contributed by atoms with Gasteiger partial charge in [-0.25, -0.2) is 0 Å². The van der Waals surface area contributed by atoms with Crippen molar-refractivity contribution in [3.8, 4) is 5.75 Å². The second-order valence-electron chi connectivity index (χ2n) is 6.66. The number of hydrogen-bond acceptors (Lipinski definition) is 3. The van der Waals surface area contributed by atoms with E-state index >= 15 is 0 Å². The minimum absolute atomic E-state index is 0.198. The second-order valence-corrected chi connectivity index (χ2v) is 11.4. The zero-order valence-electron chi connectivity index (χ0n) is 13.3. The van der Waals surface area contributed by atoms with Crippen molar-refractivity contribution >= 4 is 14.5 Å². The second kappa shape index (κ2) is 6.93. The molecule has 0 unspecified atom stereocenters. The van der Waals surface area contributed by atoms with Gasteiger partial charge in [0.2, 0.25) is 8.32 Å². The van der Waals surface area contributed by atoms with Crippen LogP contribution in [0.25, 0.3) is 0 Å². The van der Waals surface area contributed by atoms with Crippen LogP contribution in [0.15, 0.2) is 29.4 Å². The van der Waals surface area contributed by atoms with Crippen molar-refractivity contribution in [3.63, 3.8) is 0 Å². The fourth-order valence-corrected chi connectivity index (χ4v) is 2.73. The van der Waals surface area contributed by atoms with Gasteiger partial charge in [0, 0.05) is 6.21 Å². The van der Waals surface area contributed by atoms with Gasteiger partial charge in [-0.05, 0) is 49.0 Å². The first-order valence-corrected chi connectivity index (χ1v) is 10.1. The fourth-order valence-electron chi connectivity index (χ4n) is 1.68. The van der Waals surface area contributed by atoms with Crippen LogP contribution < -0.4 is 4.43 Å². The number of oxime groups is 1. The number of unbranched alkanes of at least 4 members (excludes halogenated alkanes) is 1. The Hall–Kier alpha value is -1.29. The van der Waals surface area contributed by atoms with Gasteiger partial charge in [-0.3, -0.25) is 0 Å². The molecule has 3 nitrogen and oxygen atoms in total. The summed E-state index contributed by atoms with van der Waals surface area (Å²) in [5.41, 5.74) is 1.24. The molecule has 0 fully saturated rings. The molecule has 0 radical (unpaired) electrons. The fraction of sp³-hybridized carbons (Fsp3) is 0.562. The van der Waals surface area contributed by atoms with Gasteiger partial charge in [0.15, 0.2) is 0 Å². The number of nitrogens with zero attached hydrogens (tertiary/aromatic N) is 1. The third kappa shape index (κ3) is 4.67. The molecule has 1 aromatic rings. The summed E-state index contributed by atoms with van der Waals surface area (Å²) in [6.07, 6.45) is 4.22. The summed E-state index contributed by atoms with van der Waals surface area (Å²) in [4.78, 5) is 0. The van der Waals surface area contributed by atoms with E-state index in [4.69, 9.17) is 9.63 Å². The highest BCUT2D eigenvalue weighted by Crippen LogP contribution is 2.38. The molecular weight excluding hydrogens is 266 g/mol. The van der Waals surface area contributed by atoms with E-state index in [9.17, 15) is 0 Å². The molecule has 0 aliphatic rings. The summed E-state index contributed by atoms with van der Waals surface area (Å²) in [5, 5.41) is 11.6. The minimum Gasteiger partial charge on any atom is -0.543 e. The molecule has 0 atom stereocenters. The number of benzene rings is 1. The third-order valence-electron chi connectivity index (χ3n) is 4.00. The lowest BCUT2D eigenvalue weighted by molar-refractivity contribution is 0.320. The van der Waals surface area contributed by atoms with Crippen LogP contribution in [0.1, 0.15) is 39.2 Å². The van der Waals surface area contributed by atoms with Crippen molar-refractivity contribution in [3.05, 3.63) is 29.8 Å². The molecule has 0 spiro atoms. The molecule has 0 amide bonds. The SMILES string of the molecule is CC(C)(C)[Si](C)(C)Oc1ccccc1CCCC=NO. The Morgan fingerprint density at radius 2 is 1.90 bits per heavy atom. The van der Waals surface area contributed by atoms with Crippen molar-refractivity contribution in [1.82, 2.24) is 0 Å². The Kier molecular flexibility index (Phi) is 5.81. The van der Waals surface area contributed by atoms with Gasteiger partial charge in [-0.2, -0.15) is 0 Å². The Labute approximate surface area is 123 Å². The summed E-state index contributed by atoms with van der Waals surface area (Å²) in [6, 6.07) is 8.27. The molecule has 4 heteroatoms. The van der Waals surface area contributed by atoms with Crippen LogP contribution in [0.5, 0.6) is 5.75 Å². The molecule has 0 heterocycles. The molecule has 0 aliphatic heterocycles. The molecule has 20 heavy (non-hydrogen) atoms. The maximum Gasteiger partial charge on any atom is 0.250 e. The maximum absolute atomic E-state index is 8.41. The van der Waals surface area contributed by atoms with Gasteiger partial charge in [-0.1, -0.05) is 39.0 Å². The zero-order valence-corrected chi connectivity index (χ0v) is 14.3. The number of para-hydroxylation sites is 1. The first-order valence-electron chi connectivity index (χ1n) is 7.21. The van der Waals surface area contributed by atoms with E-state index < -0.39 is 8.32 Å². The lowest BCUT2D eigenvalue weighted by Crippen LogP contribution is -2.44. The summed E-state index contributed by atoms with van der Waals surface area (Å²) in [7, 11) is -1.80. The Balaban J connectivity index is 2.80. The van der Waals surface area contributed by atoms with E-state index in [1.165, 1.54) is 11.8 Å². The highest BCUT2D eigenvalue weighted by atomic mass is 28.4. The van der Waals surface area contributed by atoms with Crippen LogP contribution in [0, 0.1) is 0 Å². The summed E-state index contributed by atoms with van der Waals surface area (Å²) >= 11 is 0. The molecular formula is C16H27NO2Si. The minimum atomic E-state index is -1.80. The largest absolute Gasteiger partial charge is 0.543 e. The first-order chi connectivity index (χ1) is 9.28. The Bertz CT molecular complexity index is 450. The van der Waals surface area contributed by atoms with Gasteiger partial charge in [0.1, 0.15) is 5.75 Å². The monoisotopic (exact) mass is 293 g/mol. The molecule has 0 saturated carbocycles. The van der Waals surface area contributed by atoms with E-state index in [0.717, 1.165) is 25.0 Å². The van der Waals surface area contributed by atoms with Crippen LogP contribution >= 0.6 is 0 Å². The van der Waals surface area contributed by atoms with E-state index in [1.807, 2.05) is 12.1 Å². The van der Waals surface area contributed by atoms with Gasteiger partial charge >= 0.3 is 0 Å². The van der Waals surface area contributed by atoms with E-state index in [2.05, 4.69) is 51.2 Å². The van der Waals surface area contributed by atoms with E-state index in [-0.39, 0.29) is 5.04 Å². The van der Waals surface area contributed by atoms with Crippen LogP contribution in [-0.2, 0) is 6.42 Å². The number of hydrogen-bond donors (Lipinski definition) is 1. The van der Waals surface area contributed by atoms with Gasteiger partial charge in [0.05, 0.1) is 0 Å². The topological polar surface area (TPSA) is 41.8 Å². The van der Waals surface area contributed by atoms with Gasteiger partial charge in [-0.15, -0.1) is 5.16 Å². The summed E-state index contributed by atoms with van der Waals surface area (Å²) in [5.74, 6) is 1.01. The molecule has 0 saturated heterocycles. The highest BCUT2D eigenvalue weighted by molar-refractivity contribution is 6.74. The van der Waals surface area contributed by atoms with Crippen molar-refractivity contribution in [2.45, 2.75) is 58.2 Å². The lowest BCUT2D eigenvalue weighted by atomic mass is 10.1. The van der Waals surface area contributed by atoms with E-state index in [0.29, 0.717) is 0 Å². The molecule has 1 aromatic carbocycles. The molecule has 112 valence electrons. The predicted molar refractivity (Wildman–Crippen MR) is 87.5 cm³/mol. The molecule has 0 bridgehead atoms. The zero-order chi connectivity index (χ0) is 15.2. The summed E-state index contributed by atoms with van der Waals surface area (Å²) in [6.45, 7) is 11.3. The number of rotatable bonds is 6. The summed E-state index contributed by atoms with van der Waals surface area (Å²) < 4.78 is 6.41. The van der Waals surface area contributed by atoms with Gasteiger partial charge < -0.3 is 9.63 Å². The Morgan fingerprint density at radius 1 is 1.25 bits per heavy atom. The van der Waals surface area contributed by atoms with Crippen molar-refractivity contribution in [2.75, 3.05) is 0 Å². The van der Waals surface area contributed by atoms with Crippen LogP contribution in [0.3, 0.4) is 0 Å². The Morgan fingerprint density at radius 3 is 2.50 bits per heavy atom. The van der Waals surface area contributed by atoms with Crippen LogP contribution in [0.4, 0.5) is 0 Å². The predicted octanol–water partition coefficient (Wildman–Crippen LogP) is 4.85. The average Bonchev–Trinajstić information content (AvgIpc) is 2.35. The first kappa shape index (κ1) is 16.8. The van der Waals surface area contributed by atoms with Crippen molar-refractivity contribution in [1.29, 1.82) is 0 Å². The molecule has 1 rings (SSSR count). The maximum atomic E-state index is 8.41.